The van der Waals surface area contributed by atoms with Crippen LogP contribution in [0.5, 0.6) is 0 Å². The Kier molecular flexibility index (Phi) is 5.97. The minimum atomic E-state index is -0.210. The van der Waals surface area contributed by atoms with Crippen LogP contribution in [-0.2, 0) is 7.05 Å². The Morgan fingerprint density at radius 3 is 2.52 bits per heavy atom. The molecule has 0 radical (unpaired) electrons. The van der Waals surface area contributed by atoms with E-state index in [1.807, 2.05) is 72.8 Å². The number of pyridine rings is 1. The fourth-order valence-corrected chi connectivity index (χ4v) is 6.27. The number of para-hydroxylation sites is 1. The standard InChI is InChI=1S/C23H15N5OSSe/c1-27-22(29)19(30-23(27)16(14-24)15-25)13-18-10-11-21(31-18)28(17-7-3-2-4-8-17)20-9-5-6-12-26-20/h2-13H,1H3/b19-13+. The van der Waals surface area contributed by atoms with E-state index in [-0.39, 0.29) is 25.6 Å². The van der Waals surface area contributed by atoms with Gasteiger partial charge in [0.1, 0.15) is 0 Å². The van der Waals surface area contributed by atoms with Gasteiger partial charge in [-0.3, -0.25) is 0 Å². The fraction of sp³-hybridized carbons (Fsp3) is 0.0435. The average Bonchev–Trinajstić information content (AvgIpc) is 3.37. The van der Waals surface area contributed by atoms with E-state index in [1.165, 1.54) is 15.9 Å². The van der Waals surface area contributed by atoms with E-state index in [4.69, 9.17) is 10.5 Å². The van der Waals surface area contributed by atoms with Crippen molar-refractivity contribution in [2.24, 2.45) is 7.05 Å². The fourth-order valence-electron chi connectivity index (χ4n) is 3.01. The van der Waals surface area contributed by atoms with Crippen LogP contribution in [0.1, 0.15) is 4.44 Å². The minimum absolute atomic E-state index is 0.0560. The van der Waals surface area contributed by atoms with Crippen LogP contribution in [0.3, 0.4) is 0 Å². The van der Waals surface area contributed by atoms with Crippen molar-refractivity contribution < 1.29 is 0 Å². The molecule has 0 saturated heterocycles. The normalized spacial score (nSPS) is 11.0. The molecule has 3 heterocycles. The molecule has 0 unspecified atom stereocenters. The second kappa shape index (κ2) is 8.99. The van der Waals surface area contributed by atoms with Gasteiger partial charge in [0, 0.05) is 0 Å². The predicted molar refractivity (Wildman–Crippen MR) is 123 cm³/mol. The molecule has 0 fully saturated rings. The summed E-state index contributed by atoms with van der Waals surface area (Å²) in [6.45, 7) is 0. The van der Waals surface area contributed by atoms with Gasteiger partial charge in [-0.25, -0.2) is 0 Å². The first-order chi connectivity index (χ1) is 15.1. The molecular formula is C23H15N5OSSe. The van der Waals surface area contributed by atoms with Crippen molar-refractivity contribution in [1.82, 2.24) is 9.55 Å². The van der Waals surface area contributed by atoms with Gasteiger partial charge in [0.2, 0.25) is 0 Å². The maximum absolute atomic E-state index is 12.6. The van der Waals surface area contributed by atoms with Crippen LogP contribution >= 0.6 is 11.3 Å². The van der Waals surface area contributed by atoms with E-state index in [2.05, 4.69) is 16.0 Å². The van der Waals surface area contributed by atoms with Gasteiger partial charge < -0.3 is 0 Å². The van der Waals surface area contributed by atoms with E-state index in [0.29, 0.717) is 9.20 Å². The van der Waals surface area contributed by atoms with Gasteiger partial charge in [-0.2, -0.15) is 0 Å². The van der Waals surface area contributed by atoms with Crippen molar-refractivity contribution >= 4 is 53.6 Å². The van der Waals surface area contributed by atoms with Crippen molar-refractivity contribution in [3.05, 3.63) is 90.8 Å². The molecule has 6 nitrogen and oxygen atoms in total. The van der Waals surface area contributed by atoms with Crippen LogP contribution in [0, 0.1) is 22.7 Å². The molecule has 4 rings (SSSR count). The molecular weight excluding hydrogens is 473 g/mol. The van der Waals surface area contributed by atoms with Gasteiger partial charge in [0.15, 0.2) is 0 Å². The van der Waals surface area contributed by atoms with Gasteiger partial charge >= 0.3 is 189 Å². The summed E-state index contributed by atoms with van der Waals surface area (Å²) in [5.74, 6) is 0.827. The summed E-state index contributed by atoms with van der Waals surface area (Å²) in [7, 11) is 1.58. The number of thiazole rings is 1. The Bertz CT molecular complexity index is 1430. The summed E-state index contributed by atoms with van der Waals surface area (Å²) in [6, 6.07) is 23.6. The Labute approximate surface area is 188 Å². The SMILES string of the molecule is Cn1c(=C(C#N)C#N)s/c(=C/c2ccc(N(c3ccccc3)c3ccccn3)[se]2)c1=O. The molecule has 0 aliphatic heterocycles. The number of benzene rings is 1. The third-order valence-corrected chi connectivity index (χ3v) is 7.78. The van der Waals surface area contributed by atoms with Crippen molar-refractivity contribution in [3.8, 4) is 12.1 Å². The third-order valence-electron chi connectivity index (χ3n) is 4.46. The topological polar surface area (TPSA) is 85.7 Å². The zero-order valence-corrected chi connectivity index (χ0v) is 18.9. The number of aromatic nitrogens is 2. The monoisotopic (exact) mass is 489 g/mol. The molecule has 0 aliphatic carbocycles. The first kappa shape index (κ1) is 20.6. The first-order valence-electron chi connectivity index (χ1n) is 9.20. The molecule has 1 aromatic carbocycles. The van der Waals surface area contributed by atoms with E-state index in [0.717, 1.165) is 20.5 Å². The van der Waals surface area contributed by atoms with Crippen LogP contribution in [0.25, 0.3) is 11.6 Å². The second-order valence-corrected chi connectivity index (χ2v) is 9.74. The Morgan fingerprint density at radius 1 is 1.10 bits per heavy atom. The third kappa shape index (κ3) is 4.14. The molecule has 4 aromatic rings. The molecule has 31 heavy (non-hydrogen) atoms. The summed E-state index contributed by atoms with van der Waals surface area (Å²) in [5.41, 5.74) is 0.748. The molecule has 0 saturated carbocycles. The second-order valence-electron chi connectivity index (χ2n) is 6.41. The molecule has 0 bridgehead atoms. The first-order valence-corrected chi connectivity index (χ1v) is 11.7. The molecule has 0 aliphatic rings. The summed E-state index contributed by atoms with van der Waals surface area (Å²) >= 11 is 1.11. The Hall–Kier alpha value is -3.68. The molecule has 0 spiro atoms. The molecule has 0 atom stereocenters. The van der Waals surface area contributed by atoms with Gasteiger partial charge in [-0.15, -0.1) is 0 Å². The van der Waals surface area contributed by atoms with Crippen molar-refractivity contribution in [2.75, 3.05) is 4.90 Å². The van der Waals surface area contributed by atoms with Gasteiger partial charge in [0.05, 0.1) is 0 Å². The van der Waals surface area contributed by atoms with Crippen LogP contribution < -0.4 is 19.7 Å². The van der Waals surface area contributed by atoms with E-state index >= 15 is 0 Å². The molecule has 3 aromatic heterocycles. The Morgan fingerprint density at radius 2 is 1.84 bits per heavy atom. The predicted octanol–water partition coefficient (Wildman–Crippen LogP) is 2.40. The number of hydrogen-bond acceptors (Lipinski definition) is 6. The Balaban J connectivity index is 1.82. The average molecular weight is 488 g/mol. The van der Waals surface area contributed by atoms with Crippen LogP contribution in [0.4, 0.5) is 16.1 Å². The molecule has 0 amide bonds. The van der Waals surface area contributed by atoms with Crippen molar-refractivity contribution in [1.29, 1.82) is 10.5 Å². The zero-order valence-electron chi connectivity index (χ0n) is 16.4. The van der Waals surface area contributed by atoms with Crippen LogP contribution in [0.2, 0.25) is 0 Å². The summed E-state index contributed by atoms with van der Waals surface area (Å²) in [4.78, 5) is 19.3. The zero-order chi connectivity index (χ0) is 21.8. The van der Waals surface area contributed by atoms with Crippen LogP contribution in [0.15, 0.2) is 71.7 Å². The number of hydrogen-bond donors (Lipinski definition) is 0. The van der Waals surface area contributed by atoms with Gasteiger partial charge in [0.25, 0.3) is 0 Å². The van der Waals surface area contributed by atoms with E-state index < -0.39 is 0 Å². The van der Waals surface area contributed by atoms with Gasteiger partial charge in [-0.1, -0.05) is 0 Å². The maximum atomic E-state index is 12.6. The number of rotatable bonds is 4. The van der Waals surface area contributed by atoms with E-state index in [9.17, 15) is 4.79 Å². The molecule has 8 heteroatoms. The van der Waals surface area contributed by atoms with Crippen molar-refractivity contribution in [3.63, 3.8) is 0 Å². The van der Waals surface area contributed by atoms with Gasteiger partial charge in [-0.05, 0) is 0 Å². The molecule has 0 N–H and O–H groups in total. The summed E-state index contributed by atoms with van der Waals surface area (Å²) in [5, 5.41) is 18.3. The number of nitrogens with zero attached hydrogens (tertiary/aromatic N) is 5. The quantitative estimate of drug-likeness (QED) is 0.412. The molecule has 150 valence electrons. The summed E-state index contributed by atoms with van der Waals surface area (Å²) in [6.07, 6.45) is 3.62. The summed E-state index contributed by atoms with van der Waals surface area (Å²) < 4.78 is 4.37. The number of anilines is 3. The number of nitriles is 2. The van der Waals surface area contributed by atoms with E-state index in [1.54, 1.807) is 13.2 Å². The van der Waals surface area contributed by atoms with Crippen LogP contribution in [-0.4, -0.2) is 24.1 Å². The van der Waals surface area contributed by atoms with Crippen molar-refractivity contribution in [2.45, 2.75) is 0 Å².